The molecular formula is C14H14N4O2. The molecule has 1 aliphatic rings. The Kier molecular flexibility index (Phi) is 4.01. The summed E-state index contributed by atoms with van der Waals surface area (Å²) in [5.74, 6) is -0.426. The summed E-state index contributed by atoms with van der Waals surface area (Å²) in [5, 5.41) is 13.1. The van der Waals surface area contributed by atoms with Crippen molar-refractivity contribution in [3.05, 3.63) is 35.5 Å². The number of nitriles is 1. The molecule has 2 N–H and O–H groups in total. The van der Waals surface area contributed by atoms with Crippen LogP contribution in [0, 0.1) is 11.3 Å². The van der Waals surface area contributed by atoms with Gasteiger partial charge in [0.2, 0.25) is 0 Å². The molecule has 0 aliphatic carbocycles. The van der Waals surface area contributed by atoms with Crippen LogP contribution in [-0.4, -0.2) is 25.5 Å². The fourth-order valence-electron chi connectivity index (χ4n) is 1.82. The molecule has 0 saturated carbocycles. The van der Waals surface area contributed by atoms with Crippen molar-refractivity contribution < 1.29 is 9.59 Å². The fourth-order valence-corrected chi connectivity index (χ4v) is 1.82. The van der Waals surface area contributed by atoms with Gasteiger partial charge in [-0.25, -0.2) is 4.79 Å². The van der Waals surface area contributed by atoms with Crippen molar-refractivity contribution in [1.29, 1.82) is 5.26 Å². The van der Waals surface area contributed by atoms with Crippen LogP contribution in [0.4, 0.5) is 10.5 Å². The molecule has 0 bridgehead atoms. The third-order valence-electron chi connectivity index (χ3n) is 2.92. The summed E-state index contributed by atoms with van der Waals surface area (Å²) in [4.78, 5) is 24.3. The molecule has 20 heavy (non-hydrogen) atoms. The van der Waals surface area contributed by atoms with Gasteiger partial charge in [-0.1, -0.05) is 12.1 Å². The highest BCUT2D eigenvalue weighted by Gasteiger charge is 2.22. The minimum absolute atomic E-state index is 0.237. The van der Waals surface area contributed by atoms with E-state index in [1.54, 1.807) is 6.08 Å². The third kappa shape index (κ3) is 3.14. The number of amides is 3. The van der Waals surface area contributed by atoms with Crippen LogP contribution >= 0.6 is 0 Å². The van der Waals surface area contributed by atoms with Crippen LogP contribution in [0.5, 0.6) is 0 Å². The number of nitrogens with zero attached hydrogens (tertiary/aromatic N) is 2. The van der Waals surface area contributed by atoms with Gasteiger partial charge in [0.05, 0.1) is 12.5 Å². The van der Waals surface area contributed by atoms with E-state index in [0.717, 1.165) is 11.3 Å². The average molecular weight is 270 g/mol. The molecule has 6 heteroatoms. The molecule has 2 rings (SSSR count). The quantitative estimate of drug-likeness (QED) is 0.636. The van der Waals surface area contributed by atoms with Crippen LogP contribution in [0.25, 0.3) is 6.08 Å². The highest BCUT2D eigenvalue weighted by atomic mass is 16.2. The SMILES string of the molecule is CN(CCC#N)c1ccc(C=C2NC(=O)NC2=O)cc1. The predicted molar refractivity (Wildman–Crippen MR) is 74.6 cm³/mol. The zero-order valence-corrected chi connectivity index (χ0v) is 11.0. The molecule has 1 aromatic rings. The third-order valence-corrected chi connectivity index (χ3v) is 2.92. The van der Waals surface area contributed by atoms with Gasteiger partial charge >= 0.3 is 6.03 Å². The minimum atomic E-state index is -0.505. The molecule has 1 aliphatic heterocycles. The van der Waals surface area contributed by atoms with E-state index in [2.05, 4.69) is 16.7 Å². The van der Waals surface area contributed by atoms with Crippen molar-refractivity contribution >= 4 is 23.7 Å². The normalized spacial score (nSPS) is 15.7. The summed E-state index contributed by atoms with van der Waals surface area (Å²) in [6.07, 6.45) is 2.08. The lowest BCUT2D eigenvalue weighted by Gasteiger charge is -2.17. The van der Waals surface area contributed by atoms with Gasteiger partial charge in [0.15, 0.2) is 0 Å². The monoisotopic (exact) mass is 270 g/mol. The van der Waals surface area contributed by atoms with Gasteiger partial charge < -0.3 is 10.2 Å². The van der Waals surface area contributed by atoms with Crippen molar-refractivity contribution in [3.8, 4) is 6.07 Å². The highest BCUT2D eigenvalue weighted by Crippen LogP contribution is 2.16. The smallest absolute Gasteiger partial charge is 0.326 e. The van der Waals surface area contributed by atoms with E-state index in [-0.39, 0.29) is 5.70 Å². The molecule has 0 unspecified atom stereocenters. The summed E-state index contributed by atoms with van der Waals surface area (Å²) < 4.78 is 0. The Morgan fingerprint density at radius 1 is 1.25 bits per heavy atom. The second-order valence-corrected chi connectivity index (χ2v) is 4.39. The lowest BCUT2D eigenvalue weighted by atomic mass is 10.1. The number of hydrogen-bond acceptors (Lipinski definition) is 4. The van der Waals surface area contributed by atoms with Crippen molar-refractivity contribution in [2.75, 3.05) is 18.5 Å². The summed E-state index contributed by atoms with van der Waals surface area (Å²) >= 11 is 0. The Morgan fingerprint density at radius 3 is 2.50 bits per heavy atom. The average Bonchev–Trinajstić information content (AvgIpc) is 2.75. The van der Waals surface area contributed by atoms with Crippen molar-refractivity contribution in [3.63, 3.8) is 0 Å². The molecule has 1 heterocycles. The summed E-state index contributed by atoms with van der Waals surface area (Å²) in [6.45, 7) is 0.662. The van der Waals surface area contributed by atoms with E-state index in [0.29, 0.717) is 13.0 Å². The number of imide groups is 1. The number of carbonyl (C=O) groups is 2. The van der Waals surface area contributed by atoms with E-state index in [1.807, 2.05) is 36.2 Å². The molecule has 1 aromatic carbocycles. The highest BCUT2D eigenvalue weighted by molar-refractivity contribution is 6.13. The summed E-state index contributed by atoms with van der Waals surface area (Å²) in [7, 11) is 1.91. The number of nitrogens with one attached hydrogen (secondary N) is 2. The first-order valence-electron chi connectivity index (χ1n) is 6.12. The molecule has 1 saturated heterocycles. The maximum atomic E-state index is 11.4. The topological polar surface area (TPSA) is 85.2 Å². The standard InChI is InChI=1S/C14H14N4O2/c1-18(8-2-7-15)11-5-3-10(4-6-11)9-12-13(19)17-14(20)16-12/h3-6,9H,2,8H2,1H3,(H2,16,17,19,20). The van der Waals surface area contributed by atoms with E-state index in [4.69, 9.17) is 5.26 Å². The number of urea groups is 1. The fraction of sp³-hybridized carbons (Fsp3) is 0.214. The zero-order chi connectivity index (χ0) is 14.5. The number of carbonyl (C=O) groups excluding carboxylic acids is 2. The molecule has 6 nitrogen and oxygen atoms in total. The van der Waals surface area contributed by atoms with E-state index < -0.39 is 11.9 Å². The maximum absolute atomic E-state index is 11.4. The van der Waals surface area contributed by atoms with E-state index in [9.17, 15) is 9.59 Å². The van der Waals surface area contributed by atoms with Gasteiger partial charge in [-0.15, -0.1) is 0 Å². The molecule has 0 radical (unpaired) electrons. The van der Waals surface area contributed by atoms with Crippen molar-refractivity contribution in [1.82, 2.24) is 10.6 Å². The van der Waals surface area contributed by atoms with E-state index in [1.165, 1.54) is 0 Å². The Bertz CT molecular complexity index is 599. The first-order chi connectivity index (χ1) is 9.60. The summed E-state index contributed by atoms with van der Waals surface area (Å²) in [6, 6.07) is 9.10. The first kappa shape index (κ1) is 13.6. The van der Waals surface area contributed by atoms with Crippen molar-refractivity contribution in [2.45, 2.75) is 6.42 Å². The second kappa shape index (κ2) is 5.89. The van der Waals surface area contributed by atoms with Gasteiger partial charge in [-0.3, -0.25) is 10.1 Å². The maximum Gasteiger partial charge on any atom is 0.326 e. The van der Waals surface area contributed by atoms with Gasteiger partial charge in [0, 0.05) is 19.3 Å². The lowest BCUT2D eigenvalue weighted by molar-refractivity contribution is -0.115. The number of hydrogen-bond donors (Lipinski definition) is 2. The van der Waals surface area contributed by atoms with Gasteiger partial charge in [0.25, 0.3) is 5.91 Å². The molecule has 102 valence electrons. The number of benzene rings is 1. The number of rotatable bonds is 4. The molecule has 0 aromatic heterocycles. The van der Waals surface area contributed by atoms with Gasteiger partial charge in [0.1, 0.15) is 5.70 Å². The molecule has 0 atom stereocenters. The lowest BCUT2D eigenvalue weighted by Crippen LogP contribution is -2.22. The van der Waals surface area contributed by atoms with Crippen LogP contribution in [-0.2, 0) is 4.79 Å². The number of anilines is 1. The molecule has 0 spiro atoms. The first-order valence-corrected chi connectivity index (χ1v) is 6.12. The Labute approximate surface area is 116 Å². The predicted octanol–water partition coefficient (Wildman–Crippen LogP) is 1.22. The molecular weight excluding hydrogens is 256 g/mol. The van der Waals surface area contributed by atoms with Gasteiger partial charge in [-0.2, -0.15) is 5.26 Å². The minimum Gasteiger partial charge on any atom is -0.374 e. The van der Waals surface area contributed by atoms with Crippen molar-refractivity contribution in [2.24, 2.45) is 0 Å². The Morgan fingerprint density at radius 2 is 1.95 bits per heavy atom. The van der Waals surface area contributed by atoms with Crippen LogP contribution < -0.4 is 15.5 Å². The van der Waals surface area contributed by atoms with Gasteiger partial charge in [-0.05, 0) is 23.8 Å². The zero-order valence-electron chi connectivity index (χ0n) is 11.0. The molecule has 3 amide bonds. The second-order valence-electron chi connectivity index (χ2n) is 4.39. The van der Waals surface area contributed by atoms with Crippen LogP contribution in [0.3, 0.4) is 0 Å². The largest absolute Gasteiger partial charge is 0.374 e. The van der Waals surface area contributed by atoms with Crippen LogP contribution in [0.15, 0.2) is 30.0 Å². The Balaban J connectivity index is 2.09. The van der Waals surface area contributed by atoms with Crippen LogP contribution in [0.1, 0.15) is 12.0 Å². The summed E-state index contributed by atoms with van der Waals surface area (Å²) in [5.41, 5.74) is 2.04. The Hall–Kier alpha value is -2.81. The van der Waals surface area contributed by atoms with E-state index >= 15 is 0 Å². The molecule has 1 fully saturated rings. The van der Waals surface area contributed by atoms with Crippen LogP contribution in [0.2, 0.25) is 0 Å².